The highest BCUT2D eigenvalue weighted by atomic mass is 32.2. The summed E-state index contributed by atoms with van der Waals surface area (Å²) in [6.07, 6.45) is 3.52. The fourth-order valence-corrected chi connectivity index (χ4v) is 6.19. The van der Waals surface area contributed by atoms with Crippen LogP contribution in [0.25, 0.3) is 4.96 Å². The first-order valence-corrected chi connectivity index (χ1v) is 13.4. The molecule has 5 rings (SSSR count). The SMILES string of the molecule is CS(=O)(=O)N1CCC(c2nnc3sc(CC(c4ccccc4)c4ccccc4)nn23)CC1. The summed E-state index contributed by atoms with van der Waals surface area (Å²) in [4.78, 5) is 0.792. The van der Waals surface area contributed by atoms with E-state index in [1.165, 1.54) is 17.4 Å². The molecule has 1 aliphatic heterocycles. The highest BCUT2D eigenvalue weighted by Gasteiger charge is 2.29. The molecule has 0 saturated carbocycles. The van der Waals surface area contributed by atoms with Crippen LogP contribution in [0.5, 0.6) is 0 Å². The van der Waals surface area contributed by atoms with Crippen LogP contribution < -0.4 is 0 Å². The Balaban J connectivity index is 1.40. The quantitative estimate of drug-likeness (QED) is 0.432. The number of fused-ring (bicyclic) bond motifs is 1. The first-order valence-electron chi connectivity index (χ1n) is 10.7. The molecule has 1 saturated heterocycles. The normalized spacial score (nSPS) is 16.2. The Labute approximate surface area is 191 Å². The largest absolute Gasteiger partial charge is 0.234 e. The topological polar surface area (TPSA) is 80.5 Å². The standard InChI is InChI=1S/C23H25N5O2S2/c1-32(29,30)27-14-12-19(13-15-27)22-24-25-23-28(22)26-21(31-23)16-20(17-8-4-2-5-9-17)18-10-6-3-7-11-18/h2-11,19-20H,12-16H2,1H3. The third-order valence-corrected chi connectivity index (χ3v) is 8.35. The van der Waals surface area contributed by atoms with Gasteiger partial charge < -0.3 is 0 Å². The molecule has 1 fully saturated rings. The maximum Gasteiger partial charge on any atom is 0.234 e. The second-order valence-corrected chi connectivity index (χ2v) is 11.3. The van der Waals surface area contributed by atoms with Gasteiger partial charge in [-0.1, -0.05) is 72.0 Å². The zero-order valence-corrected chi connectivity index (χ0v) is 19.5. The maximum absolute atomic E-state index is 11.8. The molecule has 0 atom stereocenters. The number of nitrogens with zero attached hydrogens (tertiary/aromatic N) is 5. The molecule has 7 nitrogen and oxygen atoms in total. The Hall–Kier alpha value is -2.62. The minimum Gasteiger partial charge on any atom is -0.213 e. The number of hydrogen-bond acceptors (Lipinski definition) is 6. The molecule has 0 N–H and O–H groups in total. The van der Waals surface area contributed by atoms with E-state index in [2.05, 4.69) is 58.7 Å². The summed E-state index contributed by atoms with van der Waals surface area (Å²) < 4.78 is 27.0. The Morgan fingerprint density at radius 2 is 1.56 bits per heavy atom. The van der Waals surface area contributed by atoms with E-state index in [9.17, 15) is 8.42 Å². The van der Waals surface area contributed by atoms with Crippen molar-refractivity contribution in [3.63, 3.8) is 0 Å². The van der Waals surface area contributed by atoms with E-state index < -0.39 is 10.0 Å². The second kappa shape index (κ2) is 8.73. The first kappa shape index (κ1) is 21.2. The van der Waals surface area contributed by atoms with Crippen molar-refractivity contribution in [3.05, 3.63) is 82.6 Å². The van der Waals surface area contributed by atoms with Gasteiger partial charge in [0.05, 0.1) is 6.26 Å². The number of benzene rings is 2. The molecule has 2 aromatic heterocycles. The van der Waals surface area contributed by atoms with Gasteiger partial charge in [0.2, 0.25) is 15.0 Å². The highest BCUT2D eigenvalue weighted by molar-refractivity contribution is 7.88. The van der Waals surface area contributed by atoms with Crippen molar-refractivity contribution >= 4 is 26.3 Å². The Bertz CT molecular complexity index is 1250. The molecule has 3 heterocycles. The number of piperidine rings is 1. The highest BCUT2D eigenvalue weighted by Crippen LogP contribution is 2.32. The average molecular weight is 468 g/mol. The molecule has 4 aromatic rings. The van der Waals surface area contributed by atoms with Gasteiger partial charge in [0.15, 0.2) is 5.82 Å². The zero-order valence-electron chi connectivity index (χ0n) is 17.8. The van der Waals surface area contributed by atoms with Crippen molar-refractivity contribution in [1.29, 1.82) is 0 Å². The predicted molar refractivity (Wildman–Crippen MR) is 125 cm³/mol. The third kappa shape index (κ3) is 4.32. The molecule has 1 aliphatic rings. The molecule has 0 unspecified atom stereocenters. The van der Waals surface area contributed by atoms with Crippen LogP contribution in [0.3, 0.4) is 0 Å². The fourth-order valence-electron chi connectivity index (χ4n) is 4.43. The van der Waals surface area contributed by atoms with Gasteiger partial charge in [-0.15, -0.1) is 10.2 Å². The van der Waals surface area contributed by atoms with Gasteiger partial charge in [0.1, 0.15) is 5.01 Å². The van der Waals surface area contributed by atoms with Crippen LogP contribution in [0.15, 0.2) is 60.7 Å². The lowest BCUT2D eigenvalue weighted by Crippen LogP contribution is -2.37. The first-order chi connectivity index (χ1) is 15.5. The lowest BCUT2D eigenvalue weighted by molar-refractivity contribution is 0.313. The van der Waals surface area contributed by atoms with Crippen LogP contribution in [-0.2, 0) is 16.4 Å². The van der Waals surface area contributed by atoms with Crippen molar-refractivity contribution in [2.45, 2.75) is 31.1 Å². The lowest BCUT2D eigenvalue weighted by Gasteiger charge is -2.28. The van der Waals surface area contributed by atoms with Crippen LogP contribution in [-0.4, -0.2) is 51.9 Å². The van der Waals surface area contributed by atoms with Crippen molar-refractivity contribution in [3.8, 4) is 0 Å². The fraction of sp³-hybridized carbons (Fsp3) is 0.348. The van der Waals surface area contributed by atoms with E-state index in [0.29, 0.717) is 13.1 Å². The monoisotopic (exact) mass is 467 g/mol. The second-order valence-electron chi connectivity index (χ2n) is 8.26. The van der Waals surface area contributed by atoms with E-state index >= 15 is 0 Å². The summed E-state index contributed by atoms with van der Waals surface area (Å²) in [5.41, 5.74) is 2.52. The van der Waals surface area contributed by atoms with E-state index in [4.69, 9.17) is 5.10 Å². The van der Waals surface area contributed by atoms with Gasteiger partial charge in [-0.05, 0) is 24.0 Å². The minimum absolute atomic E-state index is 0.164. The smallest absolute Gasteiger partial charge is 0.213 e. The molecule has 166 valence electrons. The molecule has 32 heavy (non-hydrogen) atoms. The lowest BCUT2D eigenvalue weighted by atomic mass is 9.89. The van der Waals surface area contributed by atoms with Crippen molar-refractivity contribution in [2.75, 3.05) is 19.3 Å². The Morgan fingerprint density at radius 3 is 2.12 bits per heavy atom. The average Bonchev–Trinajstić information content (AvgIpc) is 3.38. The van der Waals surface area contributed by atoms with Gasteiger partial charge in [-0.25, -0.2) is 12.7 Å². The number of sulfonamides is 1. The molecule has 0 radical (unpaired) electrons. The van der Waals surface area contributed by atoms with Crippen LogP contribution in [0.2, 0.25) is 0 Å². The van der Waals surface area contributed by atoms with E-state index in [-0.39, 0.29) is 11.8 Å². The van der Waals surface area contributed by atoms with E-state index in [1.54, 1.807) is 15.6 Å². The number of rotatable bonds is 6. The zero-order chi connectivity index (χ0) is 22.1. The number of hydrogen-bond donors (Lipinski definition) is 0. The van der Waals surface area contributed by atoms with Crippen molar-refractivity contribution in [1.82, 2.24) is 24.1 Å². The molecule has 2 aromatic carbocycles. The molecular weight excluding hydrogens is 442 g/mol. The van der Waals surface area contributed by atoms with Gasteiger partial charge in [0.25, 0.3) is 0 Å². The summed E-state index contributed by atoms with van der Waals surface area (Å²) in [6, 6.07) is 21.0. The molecular formula is C23H25N5O2S2. The molecule has 9 heteroatoms. The van der Waals surface area contributed by atoms with Crippen LogP contribution in [0.4, 0.5) is 0 Å². The maximum atomic E-state index is 11.8. The van der Waals surface area contributed by atoms with Gasteiger partial charge in [-0.2, -0.15) is 9.61 Å². The number of aromatic nitrogens is 4. The summed E-state index contributed by atoms with van der Waals surface area (Å²) >= 11 is 1.58. The molecule has 0 spiro atoms. The van der Waals surface area contributed by atoms with E-state index in [1.807, 2.05) is 16.6 Å². The summed E-state index contributed by atoms with van der Waals surface area (Å²) in [5, 5.41) is 14.7. The van der Waals surface area contributed by atoms with Crippen LogP contribution in [0, 0.1) is 0 Å². The van der Waals surface area contributed by atoms with Crippen molar-refractivity contribution in [2.24, 2.45) is 0 Å². The molecule has 0 aliphatic carbocycles. The van der Waals surface area contributed by atoms with Crippen molar-refractivity contribution < 1.29 is 8.42 Å². The minimum atomic E-state index is -3.15. The summed E-state index contributed by atoms with van der Waals surface area (Å²) in [6.45, 7) is 1.03. The third-order valence-electron chi connectivity index (χ3n) is 6.13. The predicted octanol–water partition coefficient (Wildman–Crippen LogP) is 3.70. The molecule has 0 amide bonds. The summed E-state index contributed by atoms with van der Waals surface area (Å²) in [7, 11) is -3.15. The van der Waals surface area contributed by atoms with Gasteiger partial charge in [0, 0.05) is 31.3 Å². The van der Waals surface area contributed by atoms with Gasteiger partial charge in [-0.3, -0.25) is 0 Å². The molecule has 0 bridgehead atoms. The van der Waals surface area contributed by atoms with Crippen LogP contribution >= 0.6 is 11.3 Å². The Morgan fingerprint density at radius 1 is 0.969 bits per heavy atom. The Kier molecular flexibility index (Phi) is 5.79. The summed E-state index contributed by atoms with van der Waals surface area (Å²) in [5.74, 6) is 1.21. The van der Waals surface area contributed by atoms with E-state index in [0.717, 1.165) is 35.1 Å². The van der Waals surface area contributed by atoms with Crippen LogP contribution in [0.1, 0.15) is 46.6 Å². The van der Waals surface area contributed by atoms with Gasteiger partial charge >= 0.3 is 0 Å².